The van der Waals surface area contributed by atoms with E-state index in [-0.39, 0.29) is 23.8 Å². The minimum absolute atomic E-state index is 0.0557. The van der Waals surface area contributed by atoms with Gasteiger partial charge in [0.1, 0.15) is 0 Å². The van der Waals surface area contributed by atoms with Crippen LogP contribution in [0.3, 0.4) is 0 Å². The molecule has 4 N–H and O–H groups in total. The summed E-state index contributed by atoms with van der Waals surface area (Å²) in [4.78, 5) is 23.8. The summed E-state index contributed by atoms with van der Waals surface area (Å²) in [6.45, 7) is 2.79. The first-order chi connectivity index (χ1) is 10.5. The molecule has 120 valence electrons. The lowest BCUT2D eigenvalue weighted by atomic mass is 9.96. The van der Waals surface area contributed by atoms with Gasteiger partial charge in [0.05, 0.1) is 12.0 Å². The fourth-order valence-electron chi connectivity index (χ4n) is 2.58. The molecular formula is C17H25N3O2. The summed E-state index contributed by atoms with van der Waals surface area (Å²) < 4.78 is 0. The summed E-state index contributed by atoms with van der Waals surface area (Å²) in [6.07, 6.45) is 2.87. The van der Waals surface area contributed by atoms with Crippen molar-refractivity contribution in [3.8, 4) is 0 Å². The fraction of sp³-hybridized carbons (Fsp3) is 0.529. The number of rotatable bonds is 8. The molecule has 1 aliphatic carbocycles. The fourth-order valence-corrected chi connectivity index (χ4v) is 2.58. The molecule has 22 heavy (non-hydrogen) atoms. The second kappa shape index (κ2) is 7.40. The molecule has 2 amide bonds. The minimum atomic E-state index is -0.300. The van der Waals surface area contributed by atoms with Crippen molar-refractivity contribution >= 4 is 11.8 Å². The quantitative estimate of drug-likeness (QED) is 0.669. The van der Waals surface area contributed by atoms with Crippen molar-refractivity contribution in [3.63, 3.8) is 0 Å². The van der Waals surface area contributed by atoms with Crippen LogP contribution in [0.2, 0.25) is 0 Å². The van der Waals surface area contributed by atoms with Gasteiger partial charge in [-0.1, -0.05) is 30.3 Å². The van der Waals surface area contributed by atoms with E-state index in [1.165, 1.54) is 0 Å². The highest BCUT2D eigenvalue weighted by molar-refractivity contribution is 5.80. The maximum atomic E-state index is 12.0. The van der Waals surface area contributed by atoms with Gasteiger partial charge in [-0.05, 0) is 31.2 Å². The Labute approximate surface area is 131 Å². The van der Waals surface area contributed by atoms with E-state index >= 15 is 0 Å². The number of hydrogen-bond acceptors (Lipinski definition) is 3. The van der Waals surface area contributed by atoms with Crippen LogP contribution < -0.4 is 16.4 Å². The van der Waals surface area contributed by atoms with E-state index in [2.05, 4.69) is 10.6 Å². The van der Waals surface area contributed by atoms with Gasteiger partial charge in [0, 0.05) is 19.5 Å². The number of nitrogens with one attached hydrogen (secondary N) is 2. The Morgan fingerprint density at radius 3 is 2.50 bits per heavy atom. The second-order valence-corrected chi connectivity index (χ2v) is 6.21. The largest absolute Gasteiger partial charge is 0.355 e. The molecule has 1 unspecified atom stereocenters. The van der Waals surface area contributed by atoms with Gasteiger partial charge in [-0.2, -0.15) is 0 Å². The van der Waals surface area contributed by atoms with Crippen molar-refractivity contribution in [1.82, 2.24) is 10.6 Å². The Bertz CT molecular complexity index is 514. The van der Waals surface area contributed by atoms with Gasteiger partial charge in [-0.25, -0.2) is 0 Å². The minimum Gasteiger partial charge on any atom is -0.355 e. The van der Waals surface area contributed by atoms with Gasteiger partial charge in [0.25, 0.3) is 0 Å². The van der Waals surface area contributed by atoms with Gasteiger partial charge in [-0.15, -0.1) is 0 Å². The van der Waals surface area contributed by atoms with E-state index in [1.54, 1.807) is 0 Å². The highest BCUT2D eigenvalue weighted by Crippen LogP contribution is 2.38. The van der Waals surface area contributed by atoms with E-state index in [1.807, 2.05) is 37.3 Å². The molecule has 1 aromatic rings. The Morgan fingerprint density at radius 1 is 1.23 bits per heavy atom. The first-order valence-electron chi connectivity index (χ1n) is 7.85. The van der Waals surface area contributed by atoms with Crippen molar-refractivity contribution < 1.29 is 9.59 Å². The average molecular weight is 303 g/mol. The lowest BCUT2D eigenvalue weighted by Gasteiger charge is -2.29. The molecule has 0 saturated heterocycles. The zero-order chi connectivity index (χ0) is 16.0. The molecule has 0 heterocycles. The Morgan fingerprint density at radius 2 is 1.91 bits per heavy atom. The van der Waals surface area contributed by atoms with E-state index in [0.29, 0.717) is 25.4 Å². The Hall–Kier alpha value is -1.88. The molecule has 1 aromatic carbocycles. The highest BCUT2D eigenvalue weighted by atomic mass is 16.2. The first kappa shape index (κ1) is 16.5. The van der Waals surface area contributed by atoms with Crippen LogP contribution in [0.4, 0.5) is 0 Å². The maximum absolute atomic E-state index is 12.0. The lowest BCUT2D eigenvalue weighted by Crippen LogP contribution is -2.53. The Kier molecular flexibility index (Phi) is 5.55. The standard InChI is InChI=1S/C17H25N3O2/c1-17(12-18,14-7-8-14)20-15(21)9-10-19-16(22)11-13-5-3-2-4-6-13/h2-6,14H,7-12,18H2,1H3,(H,19,22)(H,20,21). The van der Waals surface area contributed by atoms with Gasteiger partial charge < -0.3 is 16.4 Å². The topological polar surface area (TPSA) is 84.2 Å². The molecule has 0 bridgehead atoms. The summed E-state index contributed by atoms with van der Waals surface area (Å²) in [5.41, 5.74) is 6.44. The van der Waals surface area contributed by atoms with Crippen LogP contribution in [-0.2, 0) is 16.0 Å². The van der Waals surface area contributed by atoms with E-state index in [0.717, 1.165) is 18.4 Å². The zero-order valence-corrected chi connectivity index (χ0v) is 13.1. The van der Waals surface area contributed by atoms with Gasteiger partial charge in [-0.3, -0.25) is 9.59 Å². The van der Waals surface area contributed by atoms with Crippen LogP contribution in [0, 0.1) is 5.92 Å². The molecule has 0 spiro atoms. The number of carbonyl (C=O) groups excluding carboxylic acids is 2. The zero-order valence-electron chi connectivity index (χ0n) is 13.1. The third-order valence-electron chi connectivity index (χ3n) is 4.21. The van der Waals surface area contributed by atoms with Crippen molar-refractivity contribution in [1.29, 1.82) is 0 Å². The number of carbonyl (C=O) groups is 2. The number of nitrogens with two attached hydrogens (primary N) is 1. The number of hydrogen-bond donors (Lipinski definition) is 3. The van der Waals surface area contributed by atoms with E-state index < -0.39 is 0 Å². The molecule has 1 fully saturated rings. The SMILES string of the molecule is CC(CN)(NC(=O)CCNC(=O)Cc1ccccc1)C1CC1. The van der Waals surface area contributed by atoms with Crippen LogP contribution in [0.25, 0.3) is 0 Å². The predicted octanol–water partition coefficient (Wildman–Crippen LogP) is 0.979. The molecule has 5 nitrogen and oxygen atoms in total. The molecular weight excluding hydrogens is 278 g/mol. The number of amides is 2. The normalized spacial score (nSPS) is 16.6. The van der Waals surface area contributed by atoms with Crippen LogP contribution in [-0.4, -0.2) is 30.4 Å². The smallest absolute Gasteiger partial charge is 0.224 e. The molecule has 1 saturated carbocycles. The van der Waals surface area contributed by atoms with Crippen LogP contribution in [0.5, 0.6) is 0 Å². The van der Waals surface area contributed by atoms with E-state index in [4.69, 9.17) is 5.73 Å². The molecule has 1 atom stereocenters. The molecule has 2 rings (SSSR count). The van der Waals surface area contributed by atoms with Crippen molar-refractivity contribution in [3.05, 3.63) is 35.9 Å². The Balaban J connectivity index is 1.67. The molecule has 0 radical (unpaired) electrons. The molecule has 1 aliphatic rings. The lowest BCUT2D eigenvalue weighted by molar-refractivity contribution is -0.123. The maximum Gasteiger partial charge on any atom is 0.224 e. The first-order valence-corrected chi connectivity index (χ1v) is 7.85. The van der Waals surface area contributed by atoms with Gasteiger partial charge in [0.2, 0.25) is 11.8 Å². The summed E-state index contributed by atoms with van der Waals surface area (Å²) >= 11 is 0. The van der Waals surface area contributed by atoms with Crippen molar-refractivity contribution in [2.45, 2.75) is 38.1 Å². The summed E-state index contributed by atoms with van der Waals surface area (Å²) in [5.74, 6) is 0.372. The van der Waals surface area contributed by atoms with Gasteiger partial charge in [0.15, 0.2) is 0 Å². The summed E-state index contributed by atoms with van der Waals surface area (Å²) in [5, 5.41) is 5.79. The van der Waals surface area contributed by atoms with Crippen molar-refractivity contribution in [2.75, 3.05) is 13.1 Å². The van der Waals surface area contributed by atoms with Crippen LogP contribution in [0.1, 0.15) is 31.7 Å². The van der Waals surface area contributed by atoms with Crippen LogP contribution in [0.15, 0.2) is 30.3 Å². The third-order valence-corrected chi connectivity index (χ3v) is 4.21. The third kappa shape index (κ3) is 4.84. The molecule has 5 heteroatoms. The second-order valence-electron chi connectivity index (χ2n) is 6.21. The molecule has 0 aromatic heterocycles. The predicted molar refractivity (Wildman–Crippen MR) is 86.1 cm³/mol. The number of benzene rings is 1. The van der Waals surface area contributed by atoms with E-state index in [9.17, 15) is 9.59 Å². The van der Waals surface area contributed by atoms with Crippen LogP contribution >= 0.6 is 0 Å². The molecule has 0 aliphatic heterocycles. The summed E-state index contributed by atoms with van der Waals surface area (Å²) in [6, 6.07) is 9.55. The average Bonchev–Trinajstić information content (AvgIpc) is 3.33. The highest BCUT2D eigenvalue weighted by Gasteiger charge is 2.41. The van der Waals surface area contributed by atoms with Crippen molar-refractivity contribution in [2.24, 2.45) is 11.7 Å². The summed E-state index contributed by atoms with van der Waals surface area (Å²) in [7, 11) is 0. The monoisotopic (exact) mass is 303 g/mol. The van der Waals surface area contributed by atoms with Gasteiger partial charge >= 0.3 is 0 Å².